The summed E-state index contributed by atoms with van der Waals surface area (Å²) in [5.41, 5.74) is 7.11. The fraction of sp³-hybridized carbons (Fsp3) is 0.391. The van der Waals surface area contributed by atoms with E-state index in [1.54, 1.807) is 0 Å². The van der Waals surface area contributed by atoms with Crippen molar-refractivity contribution in [3.63, 3.8) is 0 Å². The van der Waals surface area contributed by atoms with Crippen LogP contribution in [0.1, 0.15) is 66.6 Å². The van der Waals surface area contributed by atoms with E-state index >= 15 is 0 Å². The summed E-state index contributed by atoms with van der Waals surface area (Å²) in [5, 5.41) is 0. The Hall–Kier alpha value is -5.94. The molecule has 3 fully saturated rings. The van der Waals surface area contributed by atoms with Crippen LogP contribution in [0.2, 0.25) is 0 Å². The van der Waals surface area contributed by atoms with E-state index in [0.717, 1.165) is 38.9 Å². The molecule has 12 heteroatoms. The fourth-order valence-corrected chi connectivity index (χ4v) is 11.0. The highest BCUT2D eigenvalue weighted by molar-refractivity contribution is 5.19. The largest absolute Gasteiger partial charge is 0.374 e. The van der Waals surface area contributed by atoms with Gasteiger partial charge >= 0.3 is 0 Å². The zero-order valence-corrected chi connectivity index (χ0v) is 46.9. The second-order valence-corrected chi connectivity index (χ2v) is 21.4. The summed E-state index contributed by atoms with van der Waals surface area (Å²) in [5.74, 6) is -0.464. The topological polar surface area (TPSA) is 111 Å². The minimum atomic E-state index is -1.03. The van der Waals surface area contributed by atoms with Crippen molar-refractivity contribution in [2.75, 3.05) is 6.61 Å². The van der Waals surface area contributed by atoms with Crippen molar-refractivity contribution in [1.29, 1.82) is 0 Å². The van der Waals surface area contributed by atoms with Crippen LogP contribution in [0, 0.1) is 5.92 Å². The molecule has 3 heterocycles. The quantitative estimate of drug-likeness (QED) is 0.0515. The van der Waals surface area contributed by atoms with Crippen LogP contribution < -0.4 is 0 Å². The summed E-state index contributed by atoms with van der Waals surface area (Å²) < 4.78 is 84.5. The summed E-state index contributed by atoms with van der Waals surface area (Å²) in [4.78, 5) is 0. The molecule has 0 aliphatic carbocycles. The molecule has 0 bridgehead atoms. The molecule has 12 nitrogen and oxygen atoms in total. The summed E-state index contributed by atoms with van der Waals surface area (Å²) >= 11 is 0. The summed E-state index contributed by atoms with van der Waals surface area (Å²) in [6, 6.07) is 70.9. The first-order valence-electron chi connectivity index (χ1n) is 28.6. The third-order valence-electron chi connectivity index (χ3n) is 15.4. The van der Waals surface area contributed by atoms with Crippen molar-refractivity contribution in [3.8, 4) is 0 Å². The minimum absolute atomic E-state index is 0.167. The third kappa shape index (κ3) is 16.2. The van der Waals surface area contributed by atoms with Crippen LogP contribution in [0.25, 0.3) is 0 Å². The second-order valence-electron chi connectivity index (χ2n) is 21.4. The van der Waals surface area contributed by atoms with E-state index in [9.17, 15) is 0 Å². The zero-order chi connectivity index (χ0) is 55.6. The van der Waals surface area contributed by atoms with E-state index in [1.165, 1.54) is 0 Å². The highest BCUT2D eigenvalue weighted by atomic mass is 16.8. The smallest absolute Gasteiger partial charge is 0.187 e. The van der Waals surface area contributed by atoms with Crippen LogP contribution in [0.5, 0.6) is 0 Å². The standard InChI is InChI=1S/C69H78O12/c1-48-60(61(71-41-53-28-14-6-15-29-53)50(3)78-68(48)81-63-51(4)77-49(2)62(72-42-54-30-16-7-17-31-54)65(63)74-44-56-34-20-9-21-35-56)80-69-67(76-46-58-38-24-11-25-39-58)66(75-45-57-36-22-10-23-37-57)64(73-43-55-32-18-8-19-33-55)59(79-69)47-70-40-52-26-12-5-13-27-52/h5-39,48-51,59-69H,40-47H2,1-4H3/t48?,49?,50?,51-,59-,60+,61-,62-,63?,64+,65-,66?,67?,68-,69+/m0/s1. The maximum absolute atomic E-state index is 7.60. The molecule has 7 aromatic rings. The van der Waals surface area contributed by atoms with Gasteiger partial charge in [0.1, 0.15) is 48.8 Å². The average molecular weight is 1100 g/mol. The molecule has 3 aliphatic heterocycles. The van der Waals surface area contributed by atoms with Crippen molar-refractivity contribution in [1.82, 2.24) is 0 Å². The van der Waals surface area contributed by atoms with Gasteiger partial charge in [0.2, 0.25) is 0 Å². The first-order valence-corrected chi connectivity index (χ1v) is 28.6. The third-order valence-corrected chi connectivity index (χ3v) is 15.4. The van der Waals surface area contributed by atoms with Gasteiger partial charge in [-0.25, -0.2) is 0 Å². The van der Waals surface area contributed by atoms with Gasteiger partial charge in [0.15, 0.2) is 12.6 Å². The molecule has 7 aromatic carbocycles. The van der Waals surface area contributed by atoms with Gasteiger partial charge in [0, 0.05) is 5.92 Å². The number of ether oxygens (including phenoxy) is 12. The zero-order valence-electron chi connectivity index (χ0n) is 46.9. The van der Waals surface area contributed by atoms with Crippen molar-refractivity contribution in [2.24, 2.45) is 5.92 Å². The van der Waals surface area contributed by atoms with Crippen LogP contribution in [-0.4, -0.2) is 92.4 Å². The van der Waals surface area contributed by atoms with Crippen LogP contribution in [0.15, 0.2) is 212 Å². The summed E-state index contributed by atoms with van der Waals surface area (Å²) in [7, 11) is 0. The Labute approximate surface area is 478 Å². The molecule has 10 rings (SSSR count). The molecule has 0 spiro atoms. The number of rotatable bonds is 26. The van der Waals surface area contributed by atoms with Crippen LogP contribution in [0.4, 0.5) is 0 Å². The Kier molecular flexibility index (Phi) is 21.5. The molecule has 0 saturated carbocycles. The Morgan fingerprint density at radius 3 is 0.975 bits per heavy atom. The maximum atomic E-state index is 7.60. The second kappa shape index (κ2) is 29.9. The molecule has 81 heavy (non-hydrogen) atoms. The first-order chi connectivity index (χ1) is 39.8. The predicted molar refractivity (Wildman–Crippen MR) is 308 cm³/mol. The highest BCUT2D eigenvalue weighted by Crippen LogP contribution is 2.40. The van der Waals surface area contributed by atoms with E-state index in [2.05, 4.69) is 67.6 Å². The van der Waals surface area contributed by atoms with E-state index < -0.39 is 85.6 Å². The lowest BCUT2D eigenvalue weighted by Gasteiger charge is -2.51. The molecular weight excluding hydrogens is 1020 g/mol. The molecule has 426 valence electrons. The highest BCUT2D eigenvalue weighted by Gasteiger charge is 2.54. The van der Waals surface area contributed by atoms with Gasteiger partial charge in [-0.05, 0) is 59.7 Å². The lowest BCUT2D eigenvalue weighted by Crippen LogP contribution is -2.65. The molecule has 0 amide bonds. The van der Waals surface area contributed by atoms with Gasteiger partial charge in [0.25, 0.3) is 0 Å². The molecular formula is C69H78O12. The Balaban J connectivity index is 0.997. The molecule has 3 aliphatic rings. The van der Waals surface area contributed by atoms with E-state index in [1.807, 2.05) is 172 Å². The molecule has 15 atom stereocenters. The first kappa shape index (κ1) is 58.3. The van der Waals surface area contributed by atoms with Gasteiger partial charge in [-0.2, -0.15) is 0 Å². The molecule has 6 unspecified atom stereocenters. The van der Waals surface area contributed by atoms with Crippen molar-refractivity contribution in [2.45, 2.75) is 160 Å². The fourth-order valence-electron chi connectivity index (χ4n) is 11.0. The van der Waals surface area contributed by atoms with E-state index in [4.69, 9.17) is 56.8 Å². The van der Waals surface area contributed by atoms with Gasteiger partial charge in [0.05, 0.1) is 77.3 Å². The van der Waals surface area contributed by atoms with Crippen molar-refractivity contribution < 1.29 is 56.8 Å². The Morgan fingerprint density at radius 2 is 0.568 bits per heavy atom. The van der Waals surface area contributed by atoms with Crippen LogP contribution >= 0.6 is 0 Å². The van der Waals surface area contributed by atoms with Crippen LogP contribution in [-0.2, 0) is 103 Å². The molecule has 3 saturated heterocycles. The molecule has 0 radical (unpaired) electrons. The number of benzene rings is 7. The predicted octanol–water partition coefficient (Wildman–Crippen LogP) is 12.4. The average Bonchev–Trinajstić information content (AvgIpc) is 3.51. The van der Waals surface area contributed by atoms with E-state index in [0.29, 0.717) is 33.0 Å². The minimum Gasteiger partial charge on any atom is -0.374 e. The Morgan fingerprint density at radius 1 is 0.272 bits per heavy atom. The lowest BCUT2D eigenvalue weighted by molar-refractivity contribution is -0.374. The number of hydrogen-bond donors (Lipinski definition) is 0. The summed E-state index contributed by atoms with van der Waals surface area (Å²) in [6.45, 7) is 10.5. The van der Waals surface area contributed by atoms with Gasteiger partial charge < -0.3 is 56.8 Å². The summed E-state index contributed by atoms with van der Waals surface area (Å²) in [6.07, 6.45) is -8.94. The molecule has 0 aromatic heterocycles. The van der Waals surface area contributed by atoms with Crippen molar-refractivity contribution >= 4 is 0 Å². The lowest BCUT2D eigenvalue weighted by atomic mass is 9.90. The van der Waals surface area contributed by atoms with Gasteiger partial charge in [-0.15, -0.1) is 0 Å². The Bertz CT molecular complexity index is 2840. The van der Waals surface area contributed by atoms with Crippen molar-refractivity contribution in [3.05, 3.63) is 251 Å². The van der Waals surface area contributed by atoms with E-state index in [-0.39, 0.29) is 25.9 Å². The molecule has 0 N–H and O–H groups in total. The number of hydrogen-bond acceptors (Lipinski definition) is 12. The monoisotopic (exact) mass is 1100 g/mol. The maximum Gasteiger partial charge on any atom is 0.187 e. The SMILES string of the molecule is CC1[C@H](OC2[C@H](C)OC(C)[C@H](OCc3ccccc3)[C@@H]2OCc2ccccc2)OC(C)[C@H](OCc2ccccc2)[C@@H]1O[C@H]1O[C@@H](COCc2ccccc2)[C@@H](OCc2ccccc2)C(OCc2ccccc2)C1OCc1ccccc1. The normalized spacial score (nSPS) is 28.6. The van der Waals surface area contributed by atoms with Gasteiger partial charge in [-0.1, -0.05) is 219 Å². The van der Waals surface area contributed by atoms with Crippen LogP contribution in [0.3, 0.4) is 0 Å². The van der Waals surface area contributed by atoms with Gasteiger partial charge in [-0.3, -0.25) is 0 Å².